The Labute approximate surface area is 219 Å². The maximum atomic E-state index is 13.5. The zero-order valence-electron chi connectivity index (χ0n) is 20.1. The van der Waals surface area contributed by atoms with E-state index in [-0.39, 0.29) is 36.0 Å². The topological polar surface area (TPSA) is 86.9 Å². The quantitative estimate of drug-likeness (QED) is 0.528. The molecule has 0 aromatic heterocycles. The van der Waals surface area contributed by atoms with Crippen molar-refractivity contribution in [2.75, 3.05) is 24.5 Å². The summed E-state index contributed by atoms with van der Waals surface area (Å²) in [6.45, 7) is 1.36. The molecule has 1 saturated heterocycles. The van der Waals surface area contributed by atoms with Gasteiger partial charge in [0.1, 0.15) is 0 Å². The SMILES string of the molecule is C[C@@](O)(c1ccc(N2CCN(S(=O)(=O)C3=CC(N)=CCC3=S)C[C@@H]2Cc2ccccc2)cc1)C(F)(F)F. The van der Waals surface area contributed by atoms with E-state index in [4.69, 9.17) is 18.0 Å². The van der Waals surface area contributed by atoms with Gasteiger partial charge in [0.05, 0.1) is 4.91 Å². The smallest absolute Gasteiger partial charge is 0.399 e. The molecule has 1 aliphatic heterocycles. The summed E-state index contributed by atoms with van der Waals surface area (Å²) in [5.41, 5.74) is 4.58. The number of hydrogen-bond acceptors (Lipinski definition) is 6. The van der Waals surface area contributed by atoms with Crippen molar-refractivity contribution in [2.45, 2.75) is 37.6 Å². The molecule has 4 rings (SSSR count). The van der Waals surface area contributed by atoms with Crippen LogP contribution in [0.1, 0.15) is 24.5 Å². The van der Waals surface area contributed by atoms with Gasteiger partial charge >= 0.3 is 6.18 Å². The van der Waals surface area contributed by atoms with Gasteiger partial charge in [-0.2, -0.15) is 17.5 Å². The van der Waals surface area contributed by atoms with Crippen molar-refractivity contribution in [3.8, 4) is 0 Å². The average molecular weight is 552 g/mol. The van der Waals surface area contributed by atoms with Crippen molar-refractivity contribution in [2.24, 2.45) is 5.73 Å². The standard InChI is InChI=1S/C26H28F3N3O3S2/c1-25(33,26(27,28)29)19-7-10-21(11-8-19)32-14-13-31(17-22(32)15-18-5-3-2-4-6-18)37(34,35)24-16-20(30)9-12-23(24)36/h2-11,16,22,33H,12-15,17,30H2,1H3/t22-,25+/m0/s1. The Morgan fingerprint density at radius 1 is 1.08 bits per heavy atom. The molecule has 3 N–H and O–H groups in total. The zero-order chi connectivity index (χ0) is 27.0. The minimum absolute atomic E-state index is 0.0353. The molecule has 37 heavy (non-hydrogen) atoms. The number of hydrogen-bond donors (Lipinski definition) is 2. The van der Waals surface area contributed by atoms with Crippen LogP contribution in [0.25, 0.3) is 0 Å². The number of anilines is 1. The summed E-state index contributed by atoms with van der Waals surface area (Å²) >= 11 is 5.31. The van der Waals surface area contributed by atoms with Crippen LogP contribution in [0, 0.1) is 0 Å². The third-order valence-corrected chi connectivity index (χ3v) is 9.23. The van der Waals surface area contributed by atoms with Crippen molar-refractivity contribution in [3.05, 3.63) is 88.5 Å². The van der Waals surface area contributed by atoms with E-state index in [1.54, 1.807) is 6.08 Å². The lowest BCUT2D eigenvalue weighted by molar-refractivity contribution is -0.258. The fraction of sp³-hybridized carbons (Fsp3) is 0.346. The minimum Gasteiger partial charge on any atom is -0.399 e. The van der Waals surface area contributed by atoms with Gasteiger partial charge in [-0.25, -0.2) is 8.42 Å². The third kappa shape index (κ3) is 5.59. The number of aliphatic hydroxyl groups is 1. The summed E-state index contributed by atoms with van der Waals surface area (Å²) < 4.78 is 68.3. The maximum Gasteiger partial charge on any atom is 0.421 e. The first kappa shape index (κ1) is 27.3. The van der Waals surface area contributed by atoms with Crippen LogP contribution in [-0.2, 0) is 22.0 Å². The van der Waals surface area contributed by atoms with Crippen molar-refractivity contribution in [1.82, 2.24) is 4.31 Å². The summed E-state index contributed by atoms with van der Waals surface area (Å²) in [4.78, 5) is 2.34. The summed E-state index contributed by atoms with van der Waals surface area (Å²) in [5.74, 6) is 0. The summed E-state index contributed by atoms with van der Waals surface area (Å²) in [6.07, 6.45) is -0.951. The number of sulfonamides is 1. The summed E-state index contributed by atoms with van der Waals surface area (Å²) in [7, 11) is -3.89. The lowest BCUT2D eigenvalue weighted by atomic mass is 9.94. The molecule has 1 heterocycles. The molecule has 11 heteroatoms. The van der Waals surface area contributed by atoms with Gasteiger partial charge in [0.2, 0.25) is 10.0 Å². The van der Waals surface area contributed by atoms with Crippen molar-refractivity contribution in [3.63, 3.8) is 0 Å². The van der Waals surface area contributed by atoms with Crippen LogP contribution in [0.2, 0.25) is 0 Å². The normalized spacial score (nSPS) is 21.3. The molecular weight excluding hydrogens is 523 g/mol. The molecule has 2 aromatic carbocycles. The molecule has 0 radical (unpaired) electrons. The second-order valence-corrected chi connectivity index (χ2v) is 11.8. The van der Waals surface area contributed by atoms with Crippen molar-refractivity contribution in [1.29, 1.82) is 0 Å². The summed E-state index contributed by atoms with van der Waals surface area (Å²) in [6, 6.07) is 14.8. The van der Waals surface area contributed by atoms with Crippen LogP contribution < -0.4 is 10.6 Å². The molecule has 0 unspecified atom stereocenters. The van der Waals surface area contributed by atoms with Gasteiger partial charge in [-0.15, -0.1) is 0 Å². The van der Waals surface area contributed by atoms with Crippen LogP contribution in [0.15, 0.2) is 77.4 Å². The molecule has 2 aliphatic rings. The van der Waals surface area contributed by atoms with Gasteiger partial charge in [-0.3, -0.25) is 0 Å². The molecule has 0 spiro atoms. The third-order valence-electron chi connectivity index (χ3n) is 6.79. The van der Waals surface area contributed by atoms with E-state index in [9.17, 15) is 26.7 Å². The molecule has 6 nitrogen and oxygen atoms in total. The van der Waals surface area contributed by atoms with Gasteiger partial charge in [0, 0.05) is 48.3 Å². The lowest BCUT2D eigenvalue weighted by Gasteiger charge is -2.43. The Morgan fingerprint density at radius 2 is 1.73 bits per heavy atom. The van der Waals surface area contributed by atoms with Gasteiger partial charge in [-0.1, -0.05) is 60.8 Å². The molecule has 0 saturated carbocycles. The number of nitrogens with two attached hydrogens (primary N) is 1. The molecule has 1 fully saturated rings. The number of benzene rings is 2. The fourth-order valence-corrected chi connectivity index (χ4v) is 6.63. The highest BCUT2D eigenvalue weighted by atomic mass is 32.2. The monoisotopic (exact) mass is 551 g/mol. The fourth-order valence-electron chi connectivity index (χ4n) is 4.55. The Morgan fingerprint density at radius 3 is 2.35 bits per heavy atom. The number of rotatable bonds is 6. The number of nitrogens with zero attached hydrogens (tertiary/aromatic N) is 2. The van der Waals surface area contributed by atoms with Crippen LogP contribution in [0.5, 0.6) is 0 Å². The molecule has 2 atom stereocenters. The minimum atomic E-state index is -4.82. The largest absolute Gasteiger partial charge is 0.421 e. The van der Waals surface area contributed by atoms with Crippen molar-refractivity contribution >= 4 is 32.8 Å². The first-order valence-electron chi connectivity index (χ1n) is 11.7. The number of piperazine rings is 1. The molecular formula is C26H28F3N3O3S2. The Bertz CT molecular complexity index is 1320. The van der Waals surface area contributed by atoms with Gasteiger partial charge in [0.15, 0.2) is 5.60 Å². The predicted octanol–water partition coefficient (Wildman–Crippen LogP) is 4.02. The highest BCUT2D eigenvalue weighted by Crippen LogP contribution is 2.39. The van der Waals surface area contributed by atoms with Gasteiger partial charge in [-0.05, 0) is 42.7 Å². The van der Waals surface area contributed by atoms with E-state index in [2.05, 4.69) is 0 Å². The number of halogens is 3. The van der Waals surface area contributed by atoms with Crippen molar-refractivity contribution < 1.29 is 26.7 Å². The van der Waals surface area contributed by atoms with E-state index in [1.165, 1.54) is 34.6 Å². The van der Waals surface area contributed by atoms with E-state index in [0.717, 1.165) is 12.5 Å². The Balaban J connectivity index is 1.64. The van der Waals surface area contributed by atoms with Crippen LogP contribution in [-0.4, -0.2) is 54.5 Å². The Kier molecular flexibility index (Phi) is 7.53. The lowest BCUT2D eigenvalue weighted by Crippen LogP contribution is -2.56. The second-order valence-electron chi connectivity index (χ2n) is 9.36. The predicted molar refractivity (Wildman–Crippen MR) is 141 cm³/mol. The van der Waals surface area contributed by atoms with E-state index in [1.807, 2.05) is 35.2 Å². The first-order chi connectivity index (χ1) is 17.3. The van der Waals surface area contributed by atoms with Crippen LogP contribution in [0.3, 0.4) is 0 Å². The first-order valence-corrected chi connectivity index (χ1v) is 13.6. The number of allylic oxidation sites excluding steroid dienone is 3. The second kappa shape index (κ2) is 10.2. The highest BCUT2D eigenvalue weighted by Gasteiger charge is 2.51. The molecule has 0 amide bonds. The molecule has 0 bridgehead atoms. The molecule has 198 valence electrons. The highest BCUT2D eigenvalue weighted by molar-refractivity contribution is 7.96. The average Bonchev–Trinajstić information content (AvgIpc) is 2.85. The van der Waals surface area contributed by atoms with E-state index in [0.29, 0.717) is 29.2 Å². The number of alkyl halides is 3. The van der Waals surface area contributed by atoms with Crippen LogP contribution in [0.4, 0.5) is 18.9 Å². The molecule has 1 aliphatic carbocycles. The Hall–Kier alpha value is -2.73. The van der Waals surface area contributed by atoms with E-state index >= 15 is 0 Å². The maximum absolute atomic E-state index is 13.5. The zero-order valence-corrected chi connectivity index (χ0v) is 21.8. The van der Waals surface area contributed by atoms with Gasteiger partial charge < -0.3 is 15.7 Å². The van der Waals surface area contributed by atoms with Gasteiger partial charge in [0.25, 0.3) is 0 Å². The summed E-state index contributed by atoms with van der Waals surface area (Å²) in [5, 5.41) is 10.0. The van der Waals surface area contributed by atoms with Crippen LogP contribution >= 0.6 is 12.2 Å². The molecule has 2 aromatic rings. The van der Waals surface area contributed by atoms with E-state index < -0.39 is 21.8 Å². The number of thiocarbonyl (C=S) groups is 1.